The molecule has 1 aromatic carbocycles. The minimum absolute atomic E-state index is 0.543. The number of thiophene rings is 1. The quantitative estimate of drug-likeness (QED) is 0.826. The molecule has 1 N–H and O–H groups in total. The van der Waals surface area contributed by atoms with Crippen LogP contribution in [-0.4, -0.2) is 12.6 Å². The Morgan fingerprint density at radius 1 is 1.24 bits per heavy atom. The van der Waals surface area contributed by atoms with Gasteiger partial charge in [0.2, 0.25) is 0 Å². The maximum absolute atomic E-state index is 3.54. The third kappa shape index (κ3) is 2.70. The molecule has 0 spiro atoms. The molecule has 2 unspecified atom stereocenters. The molecule has 1 nitrogen and oxygen atoms in total. The third-order valence-corrected chi connectivity index (χ3v) is 4.37. The number of rotatable bonds is 5. The number of hydrogen-bond acceptors (Lipinski definition) is 2. The summed E-state index contributed by atoms with van der Waals surface area (Å²) in [5, 5.41) is 7.09. The van der Waals surface area contributed by atoms with Crippen LogP contribution in [0.25, 0.3) is 10.1 Å². The molecule has 0 saturated heterocycles. The molecule has 92 valence electrons. The van der Waals surface area contributed by atoms with Gasteiger partial charge in [-0.05, 0) is 60.3 Å². The van der Waals surface area contributed by atoms with Crippen LogP contribution in [-0.2, 0) is 0 Å². The summed E-state index contributed by atoms with van der Waals surface area (Å²) in [6.45, 7) is 7.77. The predicted molar refractivity (Wildman–Crippen MR) is 78.0 cm³/mol. The first-order chi connectivity index (χ1) is 8.26. The molecule has 2 aromatic rings. The Hall–Kier alpha value is -0.860. The van der Waals surface area contributed by atoms with Crippen LogP contribution in [0.5, 0.6) is 0 Å². The van der Waals surface area contributed by atoms with E-state index in [4.69, 9.17) is 0 Å². The molecule has 0 amide bonds. The van der Waals surface area contributed by atoms with E-state index in [9.17, 15) is 0 Å². The number of likely N-dealkylation sites (N-methyl/N-ethyl adjacent to an activating group) is 1. The van der Waals surface area contributed by atoms with Gasteiger partial charge < -0.3 is 5.32 Å². The largest absolute Gasteiger partial charge is 0.314 e. The number of nitrogens with one attached hydrogen (secondary N) is 1. The second-order valence-electron chi connectivity index (χ2n) is 4.58. The van der Waals surface area contributed by atoms with Crippen LogP contribution < -0.4 is 5.32 Å². The molecule has 17 heavy (non-hydrogen) atoms. The van der Waals surface area contributed by atoms with Crippen molar-refractivity contribution in [2.24, 2.45) is 0 Å². The Labute approximate surface area is 108 Å². The van der Waals surface area contributed by atoms with Crippen molar-refractivity contribution in [2.75, 3.05) is 6.54 Å². The van der Waals surface area contributed by atoms with Gasteiger partial charge in [-0.25, -0.2) is 0 Å². The van der Waals surface area contributed by atoms with Gasteiger partial charge >= 0.3 is 0 Å². The molecule has 0 aliphatic heterocycles. The molecule has 0 bridgehead atoms. The van der Waals surface area contributed by atoms with Gasteiger partial charge in [0.25, 0.3) is 0 Å². The molecule has 2 atom stereocenters. The molecule has 0 aliphatic rings. The van der Waals surface area contributed by atoms with Crippen LogP contribution in [0.3, 0.4) is 0 Å². The van der Waals surface area contributed by atoms with Crippen molar-refractivity contribution >= 4 is 21.4 Å². The highest BCUT2D eigenvalue weighted by atomic mass is 32.1. The molecule has 2 rings (SSSR count). The zero-order valence-electron chi connectivity index (χ0n) is 10.9. The van der Waals surface area contributed by atoms with E-state index < -0.39 is 0 Å². The maximum Gasteiger partial charge on any atom is 0.0342 e. The lowest BCUT2D eigenvalue weighted by Crippen LogP contribution is -2.31. The van der Waals surface area contributed by atoms with Crippen molar-refractivity contribution in [1.82, 2.24) is 5.32 Å². The summed E-state index contributed by atoms with van der Waals surface area (Å²) in [6, 6.07) is 9.67. The molecule has 1 heterocycles. The van der Waals surface area contributed by atoms with Gasteiger partial charge in [0.1, 0.15) is 0 Å². The maximum atomic E-state index is 3.54. The Balaban J connectivity index is 2.28. The first-order valence-electron chi connectivity index (χ1n) is 6.46. The second kappa shape index (κ2) is 5.65. The zero-order valence-corrected chi connectivity index (χ0v) is 11.7. The Bertz CT molecular complexity index is 474. The lowest BCUT2D eigenvalue weighted by atomic mass is 9.89. The standard InChI is InChI=1S/C15H21NS/c1-4-14(11(3)16-5-2)12-6-7-15-13(10-12)8-9-17-15/h6-11,14,16H,4-5H2,1-3H3. The molecule has 0 saturated carbocycles. The predicted octanol–water partition coefficient (Wildman–Crippen LogP) is 4.39. The van der Waals surface area contributed by atoms with Crippen molar-refractivity contribution in [2.45, 2.75) is 39.2 Å². The molecule has 0 fully saturated rings. The average molecular weight is 247 g/mol. The lowest BCUT2D eigenvalue weighted by Gasteiger charge is -2.24. The summed E-state index contributed by atoms with van der Waals surface area (Å²) in [5.41, 5.74) is 1.46. The van der Waals surface area contributed by atoms with Gasteiger partial charge in [-0.3, -0.25) is 0 Å². The Kier molecular flexibility index (Phi) is 4.19. The first kappa shape index (κ1) is 12.6. The SMILES string of the molecule is CCNC(C)C(CC)c1ccc2sccc2c1. The van der Waals surface area contributed by atoms with E-state index in [0.29, 0.717) is 12.0 Å². The van der Waals surface area contributed by atoms with Gasteiger partial charge in [0.15, 0.2) is 0 Å². The van der Waals surface area contributed by atoms with Crippen LogP contribution in [0.4, 0.5) is 0 Å². The highest BCUT2D eigenvalue weighted by Gasteiger charge is 2.16. The van der Waals surface area contributed by atoms with Crippen molar-refractivity contribution < 1.29 is 0 Å². The minimum atomic E-state index is 0.543. The van der Waals surface area contributed by atoms with E-state index >= 15 is 0 Å². The van der Waals surface area contributed by atoms with E-state index in [0.717, 1.165) is 6.54 Å². The number of fused-ring (bicyclic) bond motifs is 1. The van der Waals surface area contributed by atoms with Gasteiger partial charge in [-0.15, -0.1) is 11.3 Å². The molecular formula is C15H21NS. The van der Waals surface area contributed by atoms with Crippen molar-refractivity contribution in [3.05, 3.63) is 35.2 Å². The van der Waals surface area contributed by atoms with Crippen LogP contribution in [0.15, 0.2) is 29.6 Å². The highest BCUT2D eigenvalue weighted by Crippen LogP contribution is 2.28. The van der Waals surface area contributed by atoms with Gasteiger partial charge in [-0.2, -0.15) is 0 Å². The fourth-order valence-electron chi connectivity index (χ4n) is 2.56. The molecule has 0 radical (unpaired) electrons. The summed E-state index contributed by atoms with van der Waals surface area (Å²) in [7, 11) is 0. The van der Waals surface area contributed by atoms with Crippen LogP contribution in [0.2, 0.25) is 0 Å². The summed E-state index contributed by atoms with van der Waals surface area (Å²) in [5.74, 6) is 0.610. The smallest absolute Gasteiger partial charge is 0.0342 e. The number of benzene rings is 1. The van der Waals surface area contributed by atoms with Crippen molar-refractivity contribution in [3.63, 3.8) is 0 Å². The Morgan fingerprint density at radius 2 is 2.06 bits per heavy atom. The van der Waals surface area contributed by atoms with E-state index in [1.807, 2.05) is 11.3 Å². The first-order valence-corrected chi connectivity index (χ1v) is 7.34. The van der Waals surface area contributed by atoms with E-state index in [-0.39, 0.29) is 0 Å². The topological polar surface area (TPSA) is 12.0 Å². The highest BCUT2D eigenvalue weighted by molar-refractivity contribution is 7.17. The average Bonchev–Trinajstić information content (AvgIpc) is 2.77. The van der Waals surface area contributed by atoms with E-state index in [2.05, 4.69) is 55.7 Å². The monoisotopic (exact) mass is 247 g/mol. The minimum Gasteiger partial charge on any atom is -0.314 e. The summed E-state index contributed by atoms with van der Waals surface area (Å²) in [6.07, 6.45) is 1.18. The molecular weight excluding hydrogens is 226 g/mol. The van der Waals surface area contributed by atoms with Gasteiger partial charge in [-0.1, -0.05) is 19.9 Å². The summed E-state index contributed by atoms with van der Waals surface area (Å²) < 4.78 is 1.39. The number of hydrogen-bond donors (Lipinski definition) is 1. The van der Waals surface area contributed by atoms with Crippen LogP contribution >= 0.6 is 11.3 Å². The summed E-state index contributed by atoms with van der Waals surface area (Å²) in [4.78, 5) is 0. The summed E-state index contributed by atoms with van der Waals surface area (Å²) >= 11 is 1.82. The van der Waals surface area contributed by atoms with E-state index in [1.165, 1.54) is 22.1 Å². The van der Waals surface area contributed by atoms with Gasteiger partial charge in [0, 0.05) is 10.7 Å². The molecule has 0 aliphatic carbocycles. The fraction of sp³-hybridized carbons (Fsp3) is 0.467. The zero-order chi connectivity index (χ0) is 12.3. The third-order valence-electron chi connectivity index (χ3n) is 3.47. The van der Waals surface area contributed by atoms with Gasteiger partial charge in [0.05, 0.1) is 0 Å². The lowest BCUT2D eigenvalue weighted by molar-refractivity contribution is 0.460. The fourth-order valence-corrected chi connectivity index (χ4v) is 3.33. The Morgan fingerprint density at radius 3 is 2.76 bits per heavy atom. The van der Waals surface area contributed by atoms with Crippen molar-refractivity contribution in [3.8, 4) is 0 Å². The van der Waals surface area contributed by atoms with Crippen LogP contribution in [0, 0.1) is 0 Å². The molecule has 2 heteroatoms. The molecule has 1 aromatic heterocycles. The van der Waals surface area contributed by atoms with E-state index in [1.54, 1.807) is 0 Å². The second-order valence-corrected chi connectivity index (χ2v) is 5.53. The van der Waals surface area contributed by atoms with Crippen LogP contribution in [0.1, 0.15) is 38.7 Å². The van der Waals surface area contributed by atoms with Crippen molar-refractivity contribution in [1.29, 1.82) is 0 Å². The normalized spacial score (nSPS) is 15.0.